The summed E-state index contributed by atoms with van der Waals surface area (Å²) in [4.78, 5) is 10.9. The van der Waals surface area contributed by atoms with E-state index in [-0.39, 0.29) is 5.12 Å². The molecule has 0 saturated heterocycles. The molecule has 0 radical (unpaired) electrons. The highest BCUT2D eigenvalue weighted by Crippen LogP contribution is 2.19. The van der Waals surface area contributed by atoms with Crippen molar-refractivity contribution in [2.75, 3.05) is 0 Å². The Morgan fingerprint density at radius 1 is 1.55 bits per heavy atom. The number of hydrogen-bond acceptors (Lipinski definition) is 1. The molecule has 0 aliphatic heterocycles. The lowest BCUT2D eigenvalue weighted by Crippen LogP contribution is -1.90. The van der Waals surface area contributed by atoms with Gasteiger partial charge >= 0.3 is 0 Å². The minimum absolute atomic E-state index is 0.208. The maximum absolute atomic E-state index is 10.9. The maximum atomic E-state index is 10.9. The molecule has 0 atom stereocenters. The number of carbonyl (C=O) groups excluding carboxylic acids is 1. The largest absolute Gasteiger partial charge is 0.282 e. The summed E-state index contributed by atoms with van der Waals surface area (Å²) >= 11 is 7.00. The van der Waals surface area contributed by atoms with E-state index in [1.165, 1.54) is 0 Å². The first kappa shape index (κ1) is 8.81. The fraction of sp³-hybridized carbons (Fsp3) is 0.125. The van der Waals surface area contributed by atoms with Gasteiger partial charge in [-0.2, -0.15) is 0 Å². The molecule has 1 rings (SSSR count). The van der Waals surface area contributed by atoms with Gasteiger partial charge in [0.15, 0.2) is 0 Å². The van der Waals surface area contributed by atoms with Crippen LogP contribution in [0.3, 0.4) is 0 Å². The van der Waals surface area contributed by atoms with E-state index < -0.39 is 0 Å². The van der Waals surface area contributed by atoms with Crippen LogP contribution in [-0.4, -0.2) is 5.12 Å². The number of benzene rings is 1. The van der Waals surface area contributed by atoms with E-state index in [9.17, 15) is 4.79 Å². The van der Waals surface area contributed by atoms with Gasteiger partial charge in [-0.15, -0.1) is 12.6 Å². The summed E-state index contributed by atoms with van der Waals surface area (Å²) < 4.78 is 0.795. The van der Waals surface area contributed by atoms with Crippen LogP contribution in [0.5, 0.6) is 0 Å². The van der Waals surface area contributed by atoms with Crippen LogP contribution in [0.4, 0.5) is 0 Å². The predicted octanol–water partition coefficient (Wildman–Crippen LogP) is 2.83. The van der Waals surface area contributed by atoms with Crippen LogP contribution in [-0.2, 0) is 0 Å². The molecule has 0 heterocycles. The summed E-state index contributed by atoms with van der Waals surface area (Å²) in [5.41, 5.74) is 1.68. The lowest BCUT2D eigenvalue weighted by molar-refractivity contribution is 0.109. The highest BCUT2D eigenvalue weighted by Gasteiger charge is 2.04. The fourth-order valence-corrected chi connectivity index (χ4v) is 1.57. The Morgan fingerprint density at radius 3 is 2.64 bits per heavy atom. The average molecular weight is 231 g/mol. The van der Waals surface area contributed by atoms with Crippen molar-refractivity contribution >= 4 is 33.7 Å². The van der Waals surface area contributed by atoms with Crippen molar-refractivity contribution in [1.29, 1.82) is 0 Å². The molecule has 0 N–H and O–H groups in total. The second-order valence-corrected chi connectivity index (χ2v) is 3.55. The van der Waals surface area contributed by atoms with Crippen LogP contribution in [0.25, 0.3) is 0 Å². The Hall–Kier alpha value is -0.280. The minimum Gasteiger partial charge on any atom is -0.282 e. The molecule has 3 heteroatoms. The van der Waals surface area contributed by atoms with Crippen LogP contribution in [0, 0.1) is 6.92 Å². The molecule has 0 fully saturated rings. The molecule has 58 valence electrons. The second-order valence-electron chi connectivity index (χ2n) is 2.29. The molecule has 0 aliphatic carbocycles. The summed E-state index contributed by atoms with van der Waals surface area (Å²) in [7, 11) is 0. The van der Waals surface area contributed by atoms with E-state index in [0.29, 0.717) is 5.56 Å². The van der Waals surface area contributed by atoms with Crippen LogP contribution < -0.4 is 0 Å². The van der Waals surface area contributed by atoms with E-state index in [1.807, 2.05) is 19.1 Å². The summed E-state index contributed by atoms with van der Waals surface area (Å²) in [6.07, 6.45) is 0. The lowest BCUT2D eigenvalue weighted by Gasteiger charge is -1.99. The lowest BCUT2D eigenvalue weighted by atomic mass is 10.2. The molecule has 0 spiro atoms. The first-order valence-corrected chi connectivity index (χ1v) is 4.34. The molecule has 11 heavy (non-hydrogen) atoms. The number of thiol groups is 1. The fourth-order valence-electron chi connectivity index (χ4n) is 0.803. The second kappa shape index (κ2) is 3.41. The van der Waals surface area contributed by atoms with E-state index >= 15 is 0 Å². The third kappa shape index (κ3) is 2.07. The smallest absolute Gasteiger partial charge is 0.217 e. The molecule has 0 aliphatic rings. The topological polar surface area (TPSA) is 17.1 Å². The van der Waals surface area contributed by atoms with E-state index in [1.54, 1.807) is 6.07 Å². The number of hydrogen-bond donors (Lipinski definition) is 1. The van der Waals surface area contributed by atoms with Gasteiger partial charge in [0.25, 0.3) is 0 Å². The monoisotopic (exact) mass is 230 g/mol. The Balaban J connectivity index is 3.23. The normalized spacial score (nSPS) is 9.73. The van der Waals surface area contributed by atoms with Gasteiger partial charge in [-0.1, -0.05) is 27.6 Å². The van der Waals surface area contributed by atoms with Gasteiger partial charge in [0.2, 0.25) is 5.12 Å². The highest BCUT2D eigenvalue weighted by atomic mass is 79.9. The van der Waals surface area contributed by atoms with Gasteiger partial charge in [-0.3, -0.25) is 4.79 Å². The Kier molecular flexibility index (Phi) is 2.73. The number of carbonyl (C=O) groups is 1. The van der Waals surface area contributed by atoms with E-state index in [4.69, 9.17) is 0 Å². The summed E-state index contributed by atoms with van der Waals surface area (Å²) in [5, 5.41) is -0.208. The van der Waals surface area contributed by atoms with Gasteiger partial charge in [-0.05, 0) is 19.1 Å². The van der Waals surface area contributed by atoms with Gasteiger partial charge in [0, 0.05) is 10.0 Å². The molecule has 1 aromatic rings. The van der Waals surface area contributed by atoms with Crippen molar-refractivity contribution in [2.24, 2.45) is 0 Å². The SMILES string of the molecule is Cc1ccc(Br)c(C(=O)S)c1. The molecular weight excluding hydrogens is 224 g/mol. The van der Waals surface area contributed by atoms with Gasteiger partial charge < -0.3 is 0 Å². The van der Waals surface area contributed by atoms with Crippen molar-refractivity contribution in [2.45, 2.75) is 6.92 Å². The molecule has 0 saturated carbocycles. The predicted molar refractivity (Wildman–Crippen MR) is 52.2 cm³/mol. The van der Waals surface area contributed by atoms with Gasteiger partial charge in [-0.25, -0.2) is 0 Å². The first-order chi connectivity index (χ1) is 5.11. The number of halogens is 1. The Morgan fingerprint density at radius 2 is 2.18 bits per heavy atom. The Bertz CT molecular complexity index is 296. The molecule has 1 aromatic carbocycles. The van der Waals surface area contributed by atoms with E-state index in [0.717, 1.165) is 10.0 Å². The highest BCUT2D eigenvalue weighted by molar-refractivity contribution is 9.10. The van der Waals surface area contributed by atoms with Crippen LogP contribution in [0.15, 0.2) is 22.7 Å². The molecule has 0 bridgehead atoms. The number of aryl methyl sites for hydroxylation is 1. The maximum Gasteiger partial charge on any atom is 0.217 e. The zero-order valence-electron chi connectivity index (χ0n) is 5.97. The van der Waals surface area contributed by atoms with Gasteiger partial charge in [0.05, 0.1) is 0 Å². The molecule has 0 amide bonds. The third-order valence-electron chi connectivity index (χ3n) is 1.35. The molecule has 1 nitrogen and oxygen atoms in total. The van der Waals surface area contributed by atoms with Crippen molar-refractivity contribution < 1.29 is 4.79 Å². The third-order valence-corrected chi connectivity index (χ3v) is 2.28. The Labute approximate surface area is 79.3 Å². The van der Waals surface area contributed by atoms with Crippen LogP contribution in [0.1, 0.15) is 15.9 Å². The molecule has 0 unspecified atom stereocenters. The zero-order valence-corrected chi connectivity index (χ0v) is 8.45. The van der Waals surface area contributed by atoms with Crippen molar-refractivity contribution in [3.05, 3.63) is 33.8 Å². The molecule has 0 aromatic heterocycles. The summed E-state index contributed by atoms with van der Waals surface area (Å²) in [6, 6.07) is 5.59. The van der Waals surface area contributed by atoms with Crippen molar-refractivity contribution in [3.8, 4) is 0 Å². The van der Waals surface area contributed by atoms with Gasteiger partial charge in [0.1, 0.15) is 0 Å². The first-order valence-electron chi connectivity index (χ1n) is 3.10. The van der Waals surface area contributed by atoms with Crippen molar-refractivity contribution in [3.63, 3.8) is 0 Å². The minimum atomic E-state index is -0.208. The van der Waals surface area contributed by atoms with Crippen LogP contribution in [0.2, 0.25) is 0 Å². The van der Waals surface area contributed by atoms with Crippen molar-refractivity contribution in [1.82, 2.24) is 0 Å². The number of rotatable bonds is 1. The quantitative estimate of drug-likeness (QED) is 0.735. The molecular formula is C8H7BrOS. The standard InChI is InChI=1S/C8H7BrOS/c1-5-2-3-7(9)6(4-5)8(10)11/h2-4H,1H3,(H,10,11). The van der Waals surface area contributed by atoms with Crippen LogP contribution >= 0.6 is 28.6 Å². The zero-order chi connectivity index (χ0) is 8.43. The van der Waals surface area contributed by atoms with E-state index in [2.05, 4.69) is 28.6 Å². The average Bonchev–Trinajstić information content (AvgIpc) is 1.94. The summed E-state index contributed by atoms with van der Waals surface area (Å²) in [6.45, 7) is 1.94. The summed E-state index contributed by atoms with van der Waals surface area (Å²) in [5.74, 6) is 0.